The van der Waals surface area contributed by atoms with E-state index in [1.807, 2.05) is 24.3 Å². The van der Waals surface area contributed by atoms with Crippen molar-refractivity contribution in [1.82, 2.24) is 20.0 Å². The first-order valence-corrected chi connectivity index (χ1v) is 8.94. The number of hydrogen-bond donors (Lipinski definition) is 0. The summed E-state index contributed by atoms with van der Waals surface area (Å²) in [6.45, 7) is 1.89. The van der Waals surface area contributed by atoms with E-state index in [0.29, 0.717) is 11.7 Å². The summed E-state index contributed by atoms with van der Waals surface area (Å²) >= 11 is 0. The topological polar surface area (TPSA) is 64.3 Å². The van der Waals surface area contributed by atoms with E-state index < -0.39 is 0 Å². The second-order valence-corrected chi connectivity index (χ2v) is 6.53. The van der Waals surface area contributed by atoms with Crippen LogP contribution < -0.4 is 4.74 Å². The van der Waals surface area contributed by atoms with Gasteiger partial charge in [0.25, 0.3) is 0 Å². The van der Waals surface area contributed by atoms with Gasteiger partial charge in [-0.15, -0.1) is 0 Å². The van der Waals surface area contributed by atoms with Gasteiger partial charge in [-0.05, 0) is 49.2 Å². The summed E-state index contributed by atoms with van der Waals surface area (Å²) in [4.78, 5) is 11.2. The van der Waals surface area contributed by atoms with E-state index in [9.17, 15) is 0 Å². The van der Waals surface area contributed by atoms with Gasteiger partial charge in [0, 0.05) is 24.5 Å². The fourth-order valence-electron chi connectivity index (χ4n) is 3.41. The summed E-state index contributed by atoms with van der Waals surface area (Å²) in [5.74, 6) is 2.17. The summed E-state index contributed by atoms with van der Waals surface area (Å²) in [5.41, 5.74) is 2.13. The fourth-order valence-corrected chi connectivity index (χ4v) is 3.41. The molecule has 26 heavy (non-hydrogen) atoms. The van der Waals surface area contributed by atoms with Gasteiger partial charge in [0.2, 0.25) is 11.7 Å². The standard InChI is InChI=1S/C20H22N4O2/c1-25-17-9-7-15(8-10-17)14-24-12-3-2-6-18(24)20-22-19(23-26-20)16-5-4-11-21-13-16/h4-5,7-11,13,18H,2-3,6,12,14H2,1H3/t18-/m1/s1. The van der Waals surface area contributed by atoms with E-state index in [1.165, 1.54) is 18.4 Å². The van der Waals surface area contributed by atoms with Crippen LogP contribution in [0.4, 0.5) is 0 Å². The van der Waals surface area contributed by atoms with Crippen molar-refractivity contribution in [2.24, 2.45) is 0 Å². The van der Waals surface area contributed by atoms with Crippen LogP contribution in [0.3, 0.4) is 0 Å². The molecule has 0 unspecified atom stereocenters. The maximum absolute atomic E-state index is 5.61. The Labute approximate surface area is 152 Å². The van der Waals surface area contributed by atoms with E-state index in [2.05, 4.69) is 32.2 Å². The number of piperidine rings is 1. The molecule has 0 amide bonds. The highest BCUT2D eigenvalue weighted by Crippen LogP contribution is 2.32. The monoisotopic (exact) mass is 350 g/mol. The summed E-state index contributed by atoms with van der Waals surface area (Å²) in [7, 11) is 1.69. The van der Waals surface area contributed by atoms with Gasteiger partial charge in [-0.25, -0.2) is 0 Å². The molecular formula is C20H22N4O2. The highest BCUT2D eigenvalue weighted by Gasteiger charge is 2.29. The van der Waals surface area contributed by atoms with Gasteiger partial charge in [-0.3, -0.25) is 9.88 Å². The first-order chi connectivity index (χ1) is 12.8. The molecule has 2 aromatic heterocycles. The molecule has 3 heterocycles. The second kappa shape index (κ2) is 7.66. The van der Waals surface area contributed by atoms with Crippen LogP contribution in [0.25, 0.3) is 11.4 Å². The highest BCUT2D eigenvalue weighted by atomic mass is 16.5. The molecule has 0 saturated carbocycles. The summed E-state index contributed by atoms with van der Waals surface area (Å²) in [5, 5.41) is 4.16. The third kappa shape index (κ3) is 3.60. The average molecular weight is 350 g/mol. The number of hydrogen-bond acceptors (Lipinski definition) is 6. The summed E-state index contributed by atoms with van der Waals surface area (Å²) in [6.07, 6.45) is 6.89. The molecule has 0 N–H and O–H groups in total. The van der Waals surface area contributed by atoms with E-state index in [4.69, 9.17) is 9.26 Å². The number of nitrogens with zero attached hydrogens (tertiary/aromatic N) is 4. The Morgan fingerprint density at radius 3 is 2.85 bits per heavy atom. The predicted octanol–water partition coefficient (Wildman–Crippen LogP) is 3.87. The fraction of sp³-hybridized carbons (Fsp3) is 0.350. The maximum atomic E-state index is 5.61. The van der Waals surface area contributed by atoms with Crippen LogP contribution in [0.1, 0.15) is 36.8 Å². The average Bonchev–Trinajstić information content (AvgIpc) is 3.20. The molecule has 1 aliphatic heterocycles. The zero-order valence-corrected chi connectivity index (χ0v) is 14.8. The minimum atomic E-state index is 0.156. The van der Waals surface area contributed by atoms with Crippen molar-refractivity contribution in [2.45, 2.75) is 31.8 Å². The van der Waals surface area contributed by atoms with Crippen LogP contribution in [0.2, 0.25) is 0 Å². The predicted molar refractivity (Wildman–Crippen MR) is 97.5 cm³/mol. The van der Waals surface area contributed by atoms with Crippen LogP contribution in [-0.2, 0) is 6.54 Å². The summed E-state index contributed by atoms with van der Waals surface area (Å²) < 4.78 is 10.9. The zero-order valence-electron chi connectivity index (χ0n) is 14.8. The van der Waals surface area contributed by atoms with E-state index in [-0.39, 0.29) is 6.04 Å². The van der Waals surface area contributed by atoms with Crippen molar-refractivity contribution in [3.05, 3.63) is 60.2 Å². The lowest BCUT2D eigenvalue weighted by atomic mass is 10.0. The molecule has 134 valence electrons. The molecule has 1 fully saturated rings. The van der Waals surface area contributed by atoms with Gasteiger partial charge in [-0.1, -0.05) is 23.7 Å². The number of rotatable bonds is 5. The SMILES string of the molecule is COc1ccc(CN2CCCC[C@@H]2c2nc(-c3cccnc3)no2)cc1. The molecule has 4 rings (SSSR count). The van der Waals surface area contributed by atoms with Crippen LogP contribution in [0, 0.1) is 0 Å². The second-order valence-electron chi connectivity index (χ2n) is 6.53. The first kappa shape index (κ1) is 16.7. The Morgan fingerprint density at radius 1 is 1.19 bits per heavy atom. The Kier molecular flexibility index (Phi) is 4.93. The largest absolute Gasteiger partial charge is 0.497 e. The molecular weight excluding hydrogens is 328 g/mol. The molecule has 1 atom stereocenters. The van der Waals surface area contributed by atoms with Crippen molar-refractivity contribution in [3.63, 3.8) is 0 Å². The van der Waals surface area contributed by atoms with Gasteiger partial charge < -0.3 is 9.26 Å². The van der Waals surface area contributed by atoms with Gasteiger partial charge in [0.05, 0.1) is 13.2 Å². The number of pyridine rings is 1. The van der Waals surface area contributed by atoms with E-state index in [0.717, 1.165) is 30.8 Å². The van der Waals surface area contributed by atoms with E-state index >= 15 is 0 Å². The van der Waals surface area contributed by atoms with Crippen LogP contribution in [0.15, 0.2) is 53.3 Å². The first-order valence-electron chi connectivity index (χ1n) is 8.94. The molecule has 3 aromatic rings. The lowest BCUT2D eigenvalue weighted by Gasteiger charge is -2.33. The summed E-state index contributed by atoms with van der Waals surface area (Å²) in [6, 6.07) is 12.2. The van der Waals surface area contributed by atoms with Gasteiger partial charge >= 0.3 is 0 Å². The quantitative estimate of drug-likeness (QED) is 0.696. The molecule has 6 heteroatoms. The van der Waals surface area contributed by atoms with Crippen LogP contribution >= 0.6 is 0 Å². The molecule has 1 aliphatic rings. The Bertz CT molecular complexity index is 833. The lowest BCUT2D eigenvalue weighted by Crippen LogP contribution is -2.33. The Balaban J connectivity index is 1.53. The molecule has 0 spiro atoms. The third-order valence-corrected chi connectivity index (χ3v) is 4.80. The Hall–Kier alpha value is -2.73. The van der Waals surface area contributed by atoms with E-state index in [1.54, 1.807) is 19.5 Å². The normalized spacial score (nSPS) is 18.0. The zero-order chi connectivity index (χ0) is 17.8. The minimum Gasteiger partial charge on any atom is -0.497 e. The molecule has 0 radical (unpaired) electrons. The van der Waals surface area contributed by atoms with Gasteiger partial charge in [0.15, 0.2) is 0 Å². The lowest BCUT2D eigenvalue weighted by molar-refractivity contribution is 0.111. The molecule has 0 bridgehead atoms. The Morgan fingerprint density at radius 2 is 2.08 bits per heavy atom. The molecule has 0 aliphatic carbocycles. The van der Waals surface area contributed by atoms with Crippen molar-refractivity contribution < 1.29 is 9.26 Å². The van der Waals surface area contributed by atoms with Crippen molar-refractivity contribution in [1.29, 1.82) is 0 Å². The highest BCUT2D eigenvalue weighted by molar-refractivity contribution is 5.51. The number of aromatic nitrogens is 3. The number of ether oxygens (including phenoxy) is 1. The molecule has 1 saturated heterocycles. The number of methoxy groups -OCH3 is 1. The third-order valence-electron chi connectivity index (χ3n) is 4.80. The molecule has 6 nitrogen and oxygen atoms in total. The molecule has 1 aromatic carbocycles. The number of likely N-dealkylation sites (tertiary alicyclic amines) is 1. The minimum absolute atomic E-state index is 0.156. The maximum Gasteiger partial charge on any atom is 0.244 e. The smallest absolute Gasteiger partial charge is 0.244 e. The van der Waals surface area contributed by atoms with Crippen molar-refractivity contribution in [3.8, 4) is 17.1 Å². The van der Waals surface area contributed by atoms with Gasteiger partial charge in [0.1, 0.15) is 5.75 Å². The van der Waals surface area contributed by atoms with Crippen LogP contribution in [-0.4, -0.2) is 33.7 Å². The van der Waals surface area contributed by atoms with Crippen molar-refractivity contribution in [2.75, 3.05) is 13.7 Å². The van der Waals surface area contributed by atoms with Gasteiger partial charge in [-0.2, -0.15) is 4.98 Å². The van der Waals surface area contributed by atoms with Crippen LogP contribution in [0.5, 0.6) is 5.75 Å². The van der Waals surface area contributed by atoms with Crippen molar-refractivity contribution >= 4 is 0 Å². The number of benzene rings is 1.